The molecule has 2 aromatic heterocycles. The van der Waals surface area contributed by atoms with E-state index in [0.717, 1.165) is 49.4 Å². The van der Waals surface area contributed by atoms with E-state index in [1.165, 1.54) is 25.9 Å². The second-order valence-corrected chi connectivity index (χ2v) is 11.4. The number of benzene rings is 6. The van der Waals surface area contributed by atoms with Gasteiger partial charge in [0.15, 0.2) is 0 Å². The van der Waals surface area contributed by atoms with Crippen LogP contribution in [0.25, 0.3) is 53.2 Å². The number of nitrogens with zero attached hydrogens (tertiary/aromatic N) is 1. The minimum absolute atomic E-state index is 0.782. The Morgan fingerprint density at radius 1 is 0.550 bits per heavy atom. The fraction of sp³-hybridized carbons (Fsp3) is 0. The quantitative estimate of drug-likeness (QED) is 0.216. The number of halogens is 1. The average Bonchev–Trinajstić information content (AvgIpc) is 3.57. The first-order valence-electron chi connectivity index (χ1n) is 13.2. The summed E-state index contributed by atoms with van der Waals surface area (Å²) >= 11 is 8.51. The second-order valence-electron chi connectivity index (χ2n) is 9.90. The van der Waals surface area contributed by atoms with E-state index in [4.69, 9.17) is 16.0 Å². The van der Waals surface area contributed by atoms with Crippen LogP contribution in [0, 0.1) is 0 Å². The van der Waals surface area contributed by atoms with Crippen LogP contribution in [0.2, 0.25) is 5.02 Å². The molecule has 0 spiro atoms. The molecule has 0 bridgehead atoms. The topological polar surface area (TPSA) is 16.4 Å². The van der Waals surface area contributed by atoms with Crippen molar-refractivity contribution in [1.29, 1.82) is 0 Å². The van der Waals surface area contributed by atoms with Crippen molar-refractivity contribution in [2.24, 2.45) is 0 Å². The van der Waals surface area contributed by atoms with Crippen molar-refractivity contribution >= 4 is 82.1 Å². The number of hydrogen-bond donors (Lipinski definition) is 0. The molecule has 8 rings (SSSR count). The van der Waals surface area contributed by atoms with Crippen LogP contribution in [0.1, 0.15) is 0 Å². The standard InChI is InChI=1S/C36H22ClNOS/c37-30-15-8-18-34-35(30)28-14-7-16-31(36(28)40-34)38(25-12-6-11-24(21-25)23-9-2-1-3-10-23)26-19-20-33-29(22-26)27-13-4-5-17-32(27)39-33/h1-22H. The molecule has 0 aliphatic heterocycles. The van der Waals surface area contributed by atoms with Gasteiger partial charge in [0.25, 0.3) is 0 Å². The van der Waals surface area contributed by atoms with E-state index in [1.54, 1.807) is 11.3 Å². The van der Waals surface area contributed by atoms with E-state index in [0.29, 0.717) is 0 Å². The van der Waals surface area contributed by atoms with Gasteiger partial charge in [-0.2, -0.15) is 0 Å². The Morgan fingerprint density at radius 3 is 2.20 bits per heavy atom. The van der Waals surface area contributed by atoms with Crippen LogP contribution in [-0.4, -0.2) is 0 Å². The lowest BCUT2D eigenvalue weighted by atomic mass is 10.0. The molecule has 6 aromatic carbocycles. The molecular formula is C36H22ClNOS. The van der Waals surface area contributed by atoms with Crippen molar-refractivity contribution in [2.75, 3.05) is 4.90 Å². The monoisotopic (exact) mass is 551 g/mol. The Kier molecular flexibility index (Phi) is 5.41. The molecule has 2 nitrogen and oxygen atoms in total. The molecule has 4 heteroatoms. The molecule has 2 heterocycles. The number of para-hydroxylation sites is 1. The minimum Gasteiger partial charge on any atom is -0.456 e. The van der Waals surface area contributed by atoms with Crippen LogP contribution in [0.15, 0.2) is 138 Å². The lowest BCUT2D eigenvalue weighted by Gasteiger charge is -2.26. The number of rotatable bonds is 4. The van der Waals surface area contributed by atoms with Gasteiger partial charge in [0.2, 0.25) is 0 Å². The third-order valence-electron chi connectivity index (χ3n) is 7.52. The Morgan fingerprint density at radius 2 is 1.27 bits per heavy atom. The fourth-order valence-electron chi connectivity index (χ4n) is 5.70. The maximum absolute atomic E-state index is 6.72. The Labute approximate surface area is 240 Å². The molecule has 40 heavy (non-hydrogen) atoms. The zero-order chi connectivity index (χ0) is 26.6. The van der Waals surface area contributed by atoms with Crippen molar-refractivity contribution in [2.45, 2.75) is 0 Å². The first-order valence-corrected chi connectivity index (χ1v) is 14.4. The third kappa shape index (κ3) is 3.70. The molecule has 0 unspecified atom stereocenters. The summed E-state index contributed by atoms with van der Waals surface area (Å²) in [6.45, 7) is 0. The van der Waals surface area contributed by atoms with Gasteiger partial charge in [-0.3, -0.25) is 0 Å². The molecule has 0 fully saturated rings. The van der Waals surface area contributed by atoms with Gasteiger partial charge in [0.05, 0.1) is 10.4 Å². The third-order valence-corrected chi connectivity index (χ3v) is 9.03. The summed E-state index contributed by atoms with van der Waals surface area (Å²) in [4.78, 5) is 2.36. The van der Waals surface area contributed by atoms with Crippen molar-refractivity contribution in [3.63, 3.8) is 0 Å². The molecule has 190 valence electrons. The van der Waals surface area contributed by atoms with Crippen LogP contribution >= 0.6 is 22.9 Å². The highest BCUT2D eigenvalue weighted by Gasteiger charge is 2.20. The number of thiophene rings is 1. The number of furan rings is 1. The van der Waals surface area contributed by atoms with E-state index < -0.39 is 0 Å². The highest BCUT2D eigenvalue weighted by molar-refractivity contribution is 7.26. The van der Waals surface area contributed by atoms with Gasteiger partial charge in [-0.05, 0) is 65.7 Å². The van der Waals surface area contributed by atoms with Crippen molar-refractivity contribution < 1.29 is 4.42 Å². The predicted molar refractivity (Wildman–Crippen MR) is 172 cm³/mol. The van der Waals surface area contributed by atoms with Gasteiger partial charge in [-0.1, -0.05) is 90.5 Å². The summed E-state index contributed by atoms with van der Waals surface area (Å²) in [6.07, 6.45) is 0. The van der Waals surface area contributed by atoms with Gasteiger partial charge >= 0.3 is 0 Å². The van der Waals surface area contributed by atoms with Crippen LogP contribution in [-0.2, 0) is 0 Å². The minimum atomic E-state index is 0.782. The van der Waals surface area contributed by atoms with E-state index >= 15 is 0 Å². The van der Waals surface area contributed by atoms with Crippen LogP contribution in [0.4, 0.5) is 17.1 Å². The average molecular weight is 552 g/mol. The molecule has 0 aliphatic rings. The number of anilines is 3. The van der Waals surface area contributed by atoms with Gasteiger partial charge in [-0.15, -0.1) is 11.3 Å². The molecule has 0 radical (unpaired) electrons. The molecule has 0 atom stereocenters. The van der Waals surface area contributed by atoms with Gasteiger partial charge < -0.3 is 9.32 Å². The molecule has 0 amide bonds. The summed E-state index contributed by atoms with van der Waals surface area (Å²) in [5.41, 5.74) is 7.41. The molecular weight excluding hydrogens is 530 g/mol. The Bertz CT molecular complexity index is 2190. The SMILES string of the molecule is Clc1cccc2sc3c(N(c4cccc(-c5ccccc5)c4)c4ccc5oc6ccccc6c5c4)cccc3c12. The highest BCUT2D eigenvalue weighted by Crippen LogP contribution is 2.47. The second kappa shape index (κ2) is 9.27. The summed E-state index contributed by atoms with van der Waals surface area (Å²) in [5.74, 6) is 0. The van der Waals surface area contributed by atoms with E-state index in [2.05, 4.69) is 114 Å². The Hall–Kier alpha value is -4.57. The lowest BCUT2D eigenvalue weighted by molar-refractivity contribution is 0.669. The van der Waals surface area contributed by atoms with Crippen molar-refractivity contribution in [1.82, 2.24) is 0 Å². The van der Waals surface area contributed by atoms with E-state index in [1.807, 2.05) is 24.3 Å². The maximum atomic E-state index is 6.72. The molecule has 8 aromatic rings. The van der Waals surface area contributed by atoms with Crippen LogP contribution in [0.3, 0.4) is 0 Å². The molecule has 0 saturated heterocycles. The zero-order valence-electron chi connectivity index (χ0n) is 21.3. The smallest absolute Gasteiger partial charge is 0.135 e. The molecule has 0 N–H and O–H groups in total. The summed E-state index contributed by atoms with van der Waals surface area (Å²) < 4.78 is 8.55. The summed E-state index contributed by atoms with van der Waals surface area (Å²) in [7, 11) is 0. The summed E-state index contributed by atoms with van der Waals surface area (Å²) in [5, 5.41) is 5.28. The summed E-state index contributed by atoms with van der Waals surface area (Å²) in [6, 6.07) is 46.7. The molecule has 0 aliphatic carbocycles. The highest BCUT2D eigenvalue weighted by atomic mass is 35.5. The largest absolute Gasteiger partial charge is 0.456 e. The van der Waals surface area contributed by atoms with Gasteiger partial charge in [0.1, 0.15) is 11.2 Å². The first-order chi connectivity index (χ1) is 19.7. The molecule has 0 saturated carbocycles. The normalized spacial score (nSPS) is 11.6. The van der Waals surface area contributed by atoms with E-state index in [9.17, 15) is 0 Å². The first kappa shape index (κ1) is 23.3. The van der Waals surface area contributed by atoms with Gasteiger partial charge in [0, 0.05) is 42.6 Å². The van der Waals surface area contributed by atoms with Crippen LogP contribution < -0.4 is 4.90 Å². The zero-order valence-corrected chi connectivity index (χ0v) is 22.9. The number of fused-ring (bicyclic) bond motifs is 6. The van der Waals surface area contributed by atoms with Gasteiger partial charge in [-0.25, -0.2) is 0 Å². The predicted octanol–water partition coefficient (Wildman–Crippen LogP) is 11.7. The van der Waals surface area contributed by atoms with Crippen LogP contribution in [0.5, 0.6) is 0 Å². The number of hydrogen-bond acceptors (Lipinski definition) is 3. The van der Waals surface area contributed by atoms with E-state index in [-0.39, 0.29) is 0 Å². The Balaban J connectivity index is 1.41. The van der Waals surface area contributed by atoms with Crippen molar-refractivity contribution in [3.8, 4) is 11.1 Å². The maximum Gasteiger partial charge on any atom is 0.135 e. The van der Waals surface area contributed by atoms with Crippen molar-refractivity contribution in [3.05, 3.63) is 138 Å². The fourth-order valence-corrected chi connectivity index (χ4v) is 7.27. The lowest BCUT2D eigenvalue weighted by Crippen LogP contribution is -2.10.